The molecule has 2 rings (SSSR count). The predicted octanol–water partition coefficient (Wildman–Crippen LogP) is 3.09. The van der Waals surface area contributed by atoms with Crippen molar-refractivity contribution in [3.63, 3.8) is 0 Å². The number of aromatic nitrogens is 1. The molecule has 0 amide bonds. The summed E-state index contributed by atoms with van der Waals surface area (Å²) >= 11 is 0. The lowest BCUT2D eigenvalue weighted by Gasteiger charge is -2.09. The van der Waals surface area contributed by atoms with Gasteiger partial charge in [0.05, 0.1) is 0 Å². The van der Waals surface area contributed by atoms with E-state index in [0.29, 0.717) is 0 Å². The minimum Gasteiger partial charge on any atom is -0.313 e. The number of rotatable bonds is 5. The molecule has 1 heterocycles. The molecular formula is C16H20N2. The SMILES string of the molecule is CCNCc1ccc(Cc2ccncc2)c(C)c1. The van der Waals surface area contributed by atoms with Gasteiger partial charge in [-0.2, -0.15) is 0 Å². The van der Waals surface area contributed by atoms with E-state index in [4.69, 9.17) is 0 Å². The standard InChI is InChI=1S/C16H20N2/c1-3-17-12-15-4-5-16(13(2)10-15)11-14-6-8-18-9-7-14/h4-10,17H,3,11-12H2,1-2H3. The van der Waals surface area contributed by atoms with Gasteiger partial charge in [0.2, 0.25) is 0 Å². The Hall–Kier alpha value is -1.67. The van der Waals surface area contributed by atoms with Crippen LogP contribution in [0.3, 0.4) is 0 Å². The molecule has 0 unspecified atom stereocenters. The lowest BCUT2D eigenvalue weighted by Crippen LogP contribution is -2.11. The van der Waals surface area contributed by atoms with Gasteiger partial charge in [-0.3, -0.25) is 4.98 Å². The average molecular weight is 240 g/mol. The van der Waals surface area contributed by atoms with Gasteiger partial charge in [-0.25, -0.2) is 0 Å². The van der Waals surface area contributed by atoms with E-state index in [2.05, 4.69) is 54.5 Å². The Balaban J connectivity index is 2.10. The molecule has 18 heavy (non-hydrogen) atoms. The van der Waals surface area contributed by atoms with E-state index in [-0.39, 0.29) is 0 Å². The first-order valence-electron chi connectivity index (χ1n) is 6.47. The third kappa shape index (κ3) is 3.41. The van der Waals surface area contributed by atoms with E-state index < -0.39 is 0 Å². The van der Waals surface area contributed by atoms with Gasteiger partial charge in [-0.1, -0.05) is 25.1 Å². The Morgan fingerprint density at radius 1 is 1.06 bits per heavy atom. The summed E-state index contributed by atoms with van der Waals surface area (Å²) in [5, 5.41) is 3.35. The zero-order valence-electron chi connectivity index (χ0n) is 11.1. The molecule has 2 aromatic rings. The second-order valence-electron chi connectivity index (χ2n) is 4.57. The van der Waals surface area contributed by atoms with E-state index in [1.807, 2.05) is 12.4 Å². The summed E-state index contributed by atoms with van der Waals surface area (Å²) in [6.07, 6.45) is 4.68. The molecule has 0 saturated carbocycles. The first-order valence-corrected chi connectivity index (χ1v) is 6.47. The van der Waals surface area contributed by atoms with Crippen LogP contribution in [0.5, 0.6) is 0 Å². The molecule has 0 bridgehead atoms. The Morgan fingerprint density at radius 3 is 2.50 bits per heavy atom. The zero-order chi connectivity index (χ0) is 12.8. The van der Waals surface area contributed by atoms with Crippen molar-refractivity contribution in [2.75, 3.05) is 6.54 Å². The van der Waals surface area contributed by atoms with Crippen LogP contribution < -0.4 is 5.32 Å². The summed E-state index contributed by atoms with van der Waals surface area (Å²) in [4.78, 5) is 4.05. The van der Waals surface area contributed by atoms with Crippen LogP contribution in [-0.2, 0) is 13.0 Å². The first-order chi connectivity index (χ1) is 8.79. The molecule has 0 fully saturated rings. The van der Waals surface area contributed by atoms with Crippen molar-refractivity contribution in [1.82, 2.24) is 10.3 Å². The van der Waals surface area contributed by atoms with E-state index in [1.54, 1.807) is 0 Å². The highest BCUT2D eigenvalue weighted by molar-refractivity contribution is 5.34. The third-order valence-corrected chi connectivity index (χ3v) is 3.13. The van der Waals surface area contributed by atoms with E-state index in [1.165, 1.54) is 22.3 Å². The van der Waals surface area contributed by atoms with Crippen molar-refractivity contribution < 1.29 is 0 Å². The van der Waals surface area contributed by atoms with Gasteiger partial charge in [0.15, 0.2) is 0 Å². The number of nitrogens with one attached hydrogen (secondary N) is 1. The lowest BCUT2D eigenvalue weighted by atomic mass is 9.99. The van der Waals surface area contributed by atoms with E-state index in [0.717, 1.165) is 19.5 Å². The number of hydrogen-bond acceptors (Lipinski definition) is 2. The first kappa shape index (κ1) is 12.8. The maximum Gasteiger partial charge on any atom is 0.0270 e. The molecule has 0 aliphatic heterocycles. The Morgan fingerprint density at radius 2 is 1.83 bits per heavy atom. The predicted molar refractivity (Wildman–Crippen MR) is 75.6 cm³/mol. The molecule has 1 N–H and O–H groups in total. The fourth-order valence-electron chi connectivity index (χ4n) is 2.06. The van der Waals surface area contributed by atoms with Crippen molar-refractivity contribution >= 4 is 0 Å². The largest absolute Gasteiger partial charge is 0.313 e. The molecule has 0 aliphatic carbocycles. The minimum atomic E-state index is 0.951. The summed E-state index contributed by atoms with van der Waals surface area (Å²) < 4.78 is 0. The lowest BCUT2D eigenvalue weighted by molar-refractivity contribution is 0.726. The quantitative estimate of drug-likeness (QED) is 0.868. The highest BCUT2D eigenvalue weighted by atomic mass is 14.8. The maximum absolute atomic E-state index is 4.05. The molecule has 0 saturated heterocycles. The minimum absolute atomic E-state index is 0.951. The van der Waals surface area contributed by atoms with Crippen molar-refractivity contribution in [2.24, 2.45) is 0 Å². The molecule has 1 aromatic heterocycles. The van der Waals surface area contributed by atoms with Crippen molar-refractivity contribution in [3.05, 3.63) is 65.0 Å². The summed E-state index contributed by atoms with van der Waals surface area (Å²) in [7, 11) is 0. The second-order valence-corrected chi connectivity index (χ2v) is 4.57. The molecule has 0 aliphatic rings. The smallest absolute Gasteiger partial charge is 0.0270 e. The Bertz CT molecular complexity index is 492. The second kappa shape index (κ2) is 6.31. The number of nitrogens with zero attached hydrogens (tertiary/aromatic N) is 1. The van der Waals surface area contributed by atoms with Crippen LogP contribution in [-0.4, -0.2) is 11.5 Å². The molecule has 0 atom stereocenters. The van der Waals surface area contributed by atoms with Crippen LogP contribution in [0.4, 0.5) is 0 Å². The number of hydrogen-bond donors (Lipinski definition) is 1. The summed E-state index contributed by atoms with van der Waals surface area (Å²) in [6, 6.07) is 10.9. The highest BCUT2D eigenvalue weighted by Gasteiger charge is 2.01. The van der Waals surface area contributed by atoms with Crippen molar-refractivity contribution in [1.29, 1.82) is 0 Å². The van der Waals surface area contributed by atoms with Crippen molar-refractivity contribution in [2.45, 2.75) is 26.8 Å². The van der Waals surface area contributed by atoms with Gasteiger partial charge in [0.25, 0.3) is 0 Å². The van der Waals surface area contributed by atoms with Crippen LogP contribution in [0.25, 0.3) is 0 Å². The highest BCUT2D eigenvalue weighted by Crippen LogP contribution is 2.15. The number of pyridine rings is 1. The van der Waals surface area contributed by atoms with Crippen LogP contribution in [0, 0.1) is 6.92 Å². The normalized spacial score (nSPS) is 10.6. The van der Waals surface area contributed by atoms with Gasteiger partial charge >= 0.3 is 0 Å². The van der Waals surface area contributed by atoms with Crippen LogP contribution in [0.2, 0.25) is 0 Å². The average Bonchev–Trinajstić information content (AvgIpc) is 2.40. The van der Waals surface area contributed by atoms with Crippen LogP contribution in [0.1, 0.15) is 29.2 Å². The molecule has 2 nitrogen and oxygen atoms in total. The number of aryl methyl sites for hydroxylation is 1. The zero-order valence-corrected chi connectivity index (χ0v) is 11.1. The summed E-state index contributed by atoms with van der Waals surface area (Å²) in [5.41, 5.74) is 5.42. The van der Waals surface area contributed by atoms with Gasteiger partial charge in [-0.15, -0.1) is 0 Å². The maximum atomic E-state index is 4.05. The molecule has 0 radical (unpaired) electrons. The molecule has 0 spiro atoms. The van der Waals surface area contributed by atoms with Gasteiger partial charge in [0.1, 0.15) is 0 Å². The van der Waals surface area contributed by atoms with Gasteiger partial charge in [-0.05, 0) is 54.3 Å². The Labute approximate surface area is 109 Å². The van der Waals surface area contributed by atoms with Crippen LogP contribution in [0.15, 0.2) is 42.7 Å². The summed E-state index contributed by atoms with van der Waals surface area (Å²) in [6.45, 7) is 6.28. The van der Waals surface area contributed by atoms with E-state index in [9.17, 15) is 0 Å². The summed E-state index contributed by atoms with van der Waals surface area (Å²) in [5.74, 6) is 0. The monoisotopic (exact) mass is 240 g/mol. The molecule has 1 aromatic carbocycles. The van der Waals surface area contributed by atoms with Crippen LogP contribution >= 0.6 is 0 Å². The van der Waals surface area contributed by atoms with E-state index >= 15 is 0 Å². The van der Waals surface area contributed by atoms with Gasteiger partial charge < -0.3 is 5.32 Å². The Kier molecular flexibility index (Phi) is 4.48. The van der Waals surface area contributed by atoms with Crippen molar-refractivity contribution in [3.8, 4) is 0 Å². The molecule has 2 heteroatoms. The fraction of sp³-hybridized carbons (Fsp3) is 0.312. The topological polar surface area (TPSA) is 24.9 Å². The molecule has 94 valence electrons. The number of benzene rings is 1. The fourth-order valence-corrected chi connectivity index (χ4v) is 2.06. The van der Waals surface area contributed by atoms with Gasteiger partial charge in [0, 0.05) is 18.9 Å². The molecular weight excluding hydrogens is 220 g/mol. The third-order valence-electron chi connectivity index (χ3n) is 3.13.